The molecule has 0 unspecified atom stereocenters. The number of benzene rings is 2. The monoisotopic (exact) mass is 412 g/mol. The average molecular weight is 412 g/mol. The molecule has 4 rings (SSSR count). The lowest BCUT2D eigenvalue weighted by Crippen LogP contribution is -2.23. The van der Waals surface area contributed by atoms with E-state index in [1.807, 2.05) is 24.3 Å². The van der Waals surface area contributed by atoms with Crippen LogP contribution in [-0.2, 0) is 11.3 Å². The smallest absolute Gasteiger partial charge is 0.379 e. The van der Waals surface area contributed by atoms with Crippen molar-refractivity contribution in [1.82, 2.24) is 5.32 Å². The molecular weight excluding hydrogens is 396 g/mol. The van der Waals surface area contributed by atoms with Gasteiger partial charge in [-0.15, -0.1) is 0 Å². The van der Waals surface area contributed by atoms with Crippen LogP contribution in [0, 0.1) is 11.3 Å². The van der Waals surface area contributed by atoms with Crippen LogP contribution in [0.5, 0.6) is 5.75 Å². The molecule has 0 radical (unpaired) electrons. The van der Waals surface area contributed by atoms with Gasteiger partial charge in [0.15, 0.2) is 0 Å². The Morgan fingerprint density at radius 2 is 1.87 bits per heavy atom. The molecule has 1 N–H and O–H groups in total. The fourth-order valence-electron chi connectivity index (χ4n) is 2.86. The van der Waals surface area contributed by atoms with Crippen LogP contribution in [0.15, 0.2) is 87.4 Å². The van der Waals surface area contributed by atoms with Crippen molar-refractivity contribution in [2.75, 3.05) is 0 Å². The normalized spacial score (nSPS) is 11.1. The van der Waals surface area contributed by atoms with Crippen LogP contribution in [0.4, 0.5) is 0 Å². The summed E-state index contributed by atoms with van der Waals surface area (Å²) < 4.78 is 16.0. The zero-order valence-electron chi connectivity index (χ0n) is 16.2. The molecule has 152 valence electrons. The van der Waals surface area contributed by atoms with Crippen LogP contribution in [0.2, 0.25) is 0 Å². The predicted molar refractivity (Wildman–Crippen MR) is 112 cm³/mol. The van der Waals surface area contributed by atoms with Gasteiger partial charge < -0.3 is 18.9 Å². The molecule has 0 bridgehead atoms. The van der Waals surface area contributed by atoms with Crippen molar-refractivity contribution in [3.8, 4) is 11.8 Å². The molecule has 0 fully saturated rings. The summed E-state index contributed by atoms with van der Waals surface area (Å²) in [5.41, 5.74) is 1.15. The van der Waals surface area contributed by atoms with Crippen molar-refractivity contribution < 1.29 is 23.2 Å². The Morgan fingerprint density at radius 1 is 1.06 bits per heavy atom. The van der Waals surface area contributed by atoms with Crippen LogP contribution >= 0.6 is 0 Å². The van der Waals surface area contributed by atoms with E-state index in [2.05, 4.69) is 5.32 Å². The van der Waals surface area contributed by atoms with Gasteiger partial charge in [0.2, 0.25) is 5.76 Å². The predicted octanol–water partition coefficient (Wildman–Crippen LogP) is 4.47. The van der Waals surface area contributed by atoms with E-state index in [1.165, 1.54) is 12.3 Å². The number of fused-ring (bicyclic) bond motifs is 1. The fraction of sp³-hybridized carbons (Fsp3) is 0.0417. The summed E-state index contributed by atoms with van der Waals surface area (Å²) >= 11 is 0. The molecular formula is C24H16N2O5. The van der Waals surface area contributed by atoms with Gasteiger partial charge in [-0.3, -0.25) is 4.79 Å². The quantitative estimate of drug-likeness (QED) is 0.217. The second kappa shape index (κ2) is 8.84. The number of rotatable bonds is 6. The van der Waals surface area contributed by atoms with Gasteiger partial charge in [-0.1, -0.05) is 30.3 Å². The Balaban J connectivity index is 1.41. The molecule has 0 atom stereocenters. The van der Waals surface area contributed by atoms with Crippen LogP contribution < -0.4 is 10.1 Å². The lowest BCUT2D eigenvalue weighted by Gasteiger charge is -2.04. The third-order valence-corrected chi connectivity index (χ3v) is 4.40. The highest BCUT2D eigenvalue weighted by molar-refractivity contribution is 6.01. The van der Waals surface area contributed by atoms with Crippen LogP contribution in [0.3, 0.4) is 0 Å². The first-order valence-corrected chi connectivity index (χ1v) is 9.35. The molecule has 0 spiro atoms. The number of ether oxygens (including phenoxy) is 1. The maximum atomic E-state index is 12.3. The summed E-state index contributed by atoms with van der Waals surface area (Å²) in [4.78, 5) is 24.5. The number of esters is 1. The van der Waals surface area contributed by atoms with Crippen molar-refractivity contribution in [2.24, 2.45) is 0 Å². The number of nitrogens with zero attached hydrogens (tertiary/aromatic N) is 1. The van der Waals surface area contributed by atoms with Gasteiger partial charge in [0, 0.05) is 5.39 Å². The zero-order chi connectivity index (χ0) is 21.6. The SMILES string of the molecule is N#C/C(=C\c1ccc(OC(=O)c2cc3ccccc3o2)cc1)C(=O)NCc1ccco1. The van der Waals surface area contributed by atoms with Crippen molar-refractivity contribution >= 4 is 28.9 Å². The highest BCUT2D eigenvalue weighted by atomic mass is 16.5. The van der Waals surface area contributed by atoms with E-state index in [0.29, 0.717) is 22.7 Å². The number of para-hydroxylation sites is 1. The molecule has 7 nitrogen and oxygen atoms in total. The minimum Gasteiger partial charge on any atom is -0.467 e. The highest BCUT2D eigenvalue weighted by Gasteiger charge is 2.15. The number of carbonyl (C=O) groups excluding carboxylic acids is 2. The molecule has 31 heavy (non-hydrogen) atoms. The molecule has 2 aromatic heterocycles. The topological polar surface area (TPSA) is 105 Å². The molecule has 0 aliphatic rings. The largest absolute Gasteiger partial charge is 0.467 e. The van der Waals surface area contributed by atoms with E-state index in [-0.39, 0.29) is 17.9 Å². The summed E-state index contributed by atoms with van der Waals surface area (Å²) in [7, 11) is 0. The molecule has 1 amide bonds. The number of furan rings is 2. The van der Waals surface area contributed by atoms with E-state index in [4.69, 9.17) is 13.6 Å². The lowest BCUT2D eigenvalue weighted by molar-refractivity contribution is -0.117. The summed E-state index contributed by atoms with van der Waals surface area (Å²) in [5, 5.41) is 12.7. The molecule has 2 heterocycles. The summed E-state index contributed by atoms with van der Waals surface area (Å²) in [6.45, 7) is 0.182. The second-order valence-electron chi connectivity index (χ2n) is 6.54. The maximum Gasteiger partial charge on any atom is 0.379 e. The van der Waals surface area contributed by atoms with Gasteiger partial charge in [0.25, 0.3) is 5.91 Å². The van der Waals surface area contributed by atoms with Crippen molar-refractivity contribution in [3.63, 3.8) is 0 Å². The van der Waals surface area contributed by atoms with E-state index >= 15 is 0 Å². The fourth-order valence-corrected chi connectivity index (χ4v) is 2.86. The standard InChI is InChI=1S/C24H16N2O5/c25-14-18(23(27)26-15-20-5-3-11-29-20)12-16-7-9-19(10-8-16)30-24(28)22-13-17-4-1-2-6-21(17)31-22/h1-13H,15H2,(H,26,27)/b18-12+. The molecule has 0 aliphatic carbocycles. The Labute approximate surface area is 177 Å². The highest BCUT2D eigenvalue weighted by Crippen LogP contribution is 2.21. The number of carbonyl (C=O) groups is 2. The molecule has 4 aromatic rings. The first-order valence-electron chi connectivity index (χ1n) is 9.35. The van der Waals surface area contributed by atoms with Gasteiger partial charge in [-0.2, -0.15) is 5.26 Å². The summed E-state index contributed by atoms with van der Waals surface area (Å²) in [5.74, 6) is -0.136. The Kier molecular flexibility index (Phi) is 5.63. The first kappa shape index (κ1) is 19.7. The first-order chi connectivity index (χ1) is 15.1. The van der Waals surface area contributed by atoms with Crippen molar-refractivity contribution in [2.45, 2.75) is 6.54 Å². The van der Waals surface area contributed by atoms with Crippen LogP contribution in [0.1, 0.15) is 21.9 Å². The number of nitrogens with one attached hydrogen (secondary N) is 1. The Bertz CT molecular complexity index is 1260. The average Bonchev–Trinajstić information content (AvgIpc) is 3.46. The third kappa shape index (κ3) is 4.71. The number of hydrogen-bond donors (Lipinski definition) is 1. The zero-order valence-corrected chi connectivity index (χ0v) is 16.2. The van der Waals surface area contributed by atoms with Crippen LogP contribution in [-0.4, -0.2) is 11.9 Å². The lowest BCUT2D eigenvalue weighted by atomic mass is 10.1. The summed E-state index contributed by atoms with van der Waals surface area (Å²) in [6, 6.07) is 20.6. The van der Waals surface area contributed by atoms with Gasteiger partial charge in [0.1, 0.15) is 28.7 Å². The van der Waals surface area contributed by atoms with Crippen molar-refractivity contribution in [3.05, 3.63) is 95.7 Å². The second-order valence-corrected chi connectivity index (χ2v) is 6.54. The molecule has 2 aromatic carbocycles. The maximum absolute atomic E-state index is 12.3. The van der Waals surface area contributed by atoms with Crippen molar-refractivity contribution in [1.29, 1.82) is 5.26 Å². The van der Waals surface area contributed by atoms with E-state index in [0.717, 1.165) is 5.39 Å². The molecule has 0 saturated heterocycles. The minimum absolute atomic E-state index is 0.0569. The molecule has 0 aliphatic heterocycles. The molecule has 0 saturated carbocycles. The van der Waals surface area contributed by atoms with Gasteiger partial charge >= 0.3 is 5.97 Å². The number of hydrogen-bond acceptors (Lipinski definition) is 6. The van der Waals surface area contributed by atoms with Gasteiger partial charge in [-0.05, 0) is 48.0 Å². The Hall–Kier alpha value is -4.57. The van der Waals surface area contributed by atoms with Gasteiger partial charge in [-0.25, -0.2) is 4.79 Å². The van der Waals surface area contributed by atoms with E-state index < -0.39 is 11.9 Å². The molecule has 7 heteroatoms. The van der Waals surface area contributed by atoms with Crippen LogP contribution in [0.25, 0.3) is 17.0 Å². The van der Waals surface area contributed by atoms with Gasteiger partial charge in [0.05, 0.1) is 12.8 Å². The van der Waals surface area contributed by atoms with E-state index in [1.54, 1.807) is 48.5 Å². The number of amides is 1. The van der Waals surface area contributed by atoms with E-state index in [9.17, 15) is 14.9 Å². The third-order valence-electron chi connectivity index (χ3n) is 4.40. The summed E-state index contributed by atoms with van der Waals surface area (Å²) in [6.07, 6.45) is 2.95. The number of nitriles is 1. The Morgan fingerprint density at radius 3 is 2.58 bits per heavy atom. The minimum atomic E-state index is -0.616.